The Morgan fingerprint density at radius 1 is 1.36 bits per heavy atom. The first-order valence-corrected chi connectivity index (χ1v) is 11.1. The van der Waals surface area contributed by atoms with Gasteiger partial charge in [0.05, 0.1) is 18.4 Å². The van der Waals surface area contributed by atoms with Crippen LogP contribution >= 0.6 is 34.7 Å². The van der Waals surface area contributed by atoms with Crippen LogP contribution in [0.5, 0.6) is 0 Å². The first kappa shape index (κ1) is 19.4. The molecule has 1 aliphatic rings. The molecule has 0 unspecified atom stereocenters. The zero-order valence-corrected chi connectivity index (χ0v) is 17.3. The molecule has 0 radical (unpaired) electrons. The monoisotopic (exact) mass is 435 g/mol. The summed E-state index contributed by atoms with van der Waals surface area (Å²) in [5, 5.41) is 15.2. The van der Waals surface area contributed by atoms with Crippen LogP contribution in [0.4, 0.5) is 5.13 Å². The van der Waals surface area contributed by atoms with E-state index in [1.54, 1.807) is 6.20 Å². The number of hydrogen-bond acceptors (Lipinski definition) is 7. The summed E-state index contributed by atoms with van der Waals surface area (Å²) in [5.41, 5.74) is 0.925. The molecule has 0 saturated carbocycles. The van der Waals surface area contributed by atoms with Gasteiger partial charge in [0.1, 0.15) is 0 Å². The fraction of sp³-hybridized carbons (Fsp3) is 0.333. The van der Waals surface area contributed by atoms with Crippen molar-refractivity contribution in [2.24, 2.45) is 0 Å². The van der Waals surface area contributed by atoms with Gasteiger partial charge in [-0.25, -0.2) is 4.98 Å². The summed E-state index contributed by atoms with van der Waals surface area (Å²) in [6.07, 6.45) is 3.85. The number of carbonyl (C=O) groups is 1. The van der Waals surface area contributed by atoms with Gasteiger partial charge in [-0.1, -0.05) is 23.4 Å². The van der Waals surface area contributed by atoms with E-state index in [2.05, 4.69) is 20.5 Å². The average molecular weight is 436 g/mol. The van der Waals surface area contributed by atoms with E-state index >= 15 is 0 Å². The minimum absolute atomic E-state index is 0.125. The summed E-state index contributed by atoms with van der Waals surface area (Å²) < 4.78 is 7.82. The molecule has 1 N–H and O–H groups in total. The summed E-state index contributed by atoms with van der Waals surface area (Å²) in [6, 6.07) is 7.50. The molecule has 1 fully saturated rings. The molecule has 28 heavy (non-hydrogen) atoms. The lowest BCUT2D eigenvalue weighted by Crippen LogP contribution is -2.18. The Morgan fingerprint density at radius 3 is 2.93 bits per heavy atom. The lowest BCUT2D eigenvalue weighted by molar-refractivity contribution is -0.113. The fourth-order valence-corrected chi connectivity index (χ4v) is 4.35. The van der Waals surface area contributed by atoms with Crippen LogP contribution in [0, 0.1) is 0 Å². The van der Waals surface area contributed by atoms with Gasteiger partial charge < -0.3 is 10.1 Å². The molecule has 3 heterocycles. The zero-order chi connectivity index (χ0) is 19.3. The number of nitrogens with zero attached hydrogens (tertiary/aromatic N) is 4. The topological polar surface area (TPSA) is 81.9 Å². The van der Waals surface area contributed by atoms with Crippen LogP contribution in [0.25, 0.3) is 11.4 Å². The van der Waals surface area contributed by atoms with Crippen LogP contribution < -0.4 is 5.32 Å². The number of carbonyl (C=O) groups excluding carboxylic acids is 1. The minimum Gasteiger partial charge on any atom is -0.376 e. The predicted molar refractivity (Wildman–Crippen MR) is 111 cm³/mol. The molecule has 1 atom stereocenters. The molecule has 0 bridgehead atoms. The lowest BCUT2D eigenvalue weighted by Gasteiger charge is -2.14. The highest BCUT2D eigenvalue weighted by Crippen LogP contribution is 2.27. The Hall–Kier alpha value is -1.94. The summed E-state index contributed by atoms with van der Waals surface area (Å²) in [7, 11) is 0. The van der Waals surface area contributed by atoms with E-state index in [9.17, 15) is 4.79 Å². The Balaban J connectivity index is 1.52. The lowest BCUT2D eigenvalue weighted by atomic mass is 10.2. The molecule has 10 heteroatoms. The highest BCUT2D eigenvalue weighted by atomic mass is 35.5. The summed E-state index contributed by atoms with van der Waals surface area (Å²) in [5.74, 6) is 0.846. The van der Waals surface area contributed by atoms with E-state index in [0.717, 1.165) is 30.8 Å². The van der Waals surface area contributed by atoms with E-state index in [1.165, 1.54) is 23.1 Å². The maximum atomic E-state index is 12.2. The van der Waals surface area contributed by atoms with E-state index in [0.29, 0.717) is 21.9 Å². The fourth-order valence-electron chi connectivity index (χ4n) is 2.94. The number of halogens is 1. The molecule has 1 aliphatic heterocycles. The first-order chi connectivity index (χ1) is 13.7. The van der Waals surface area contributed by atoms with Gasteiger partial charge in [-0.05, 0) is 37.1 Å². The van der Waals surface area contributed by atoms with Crippen molar-refractivity contribution in [2.45, 2.75) is 30.6 Å². The number of aromatic nitrogens is 4. The van der Waals surface area contributed by atoms with Crippen molar-refractivity contribution in [3.05, 3.63) is 40.9 Å². The van der Waals surface area contributed by atoms with Crippen molar-refractivity contribution in [3.63, 3.8) is 0 Å². The molecule has 1 saturated heterocycles. The molecule has 0 spiro atoms. The Bertz CT molecular complexity index is 924. The second kappa shape index (κ2) is 9.04. The minimum atomic E-state index is -0.125. The van der Waals surface area contributed by atoms with Crippen molar-refractivity contribution >= 4 is 45.7 Å². The van der Waals surface area contributed by atoms with E-state index in [4.69, 9.17) is 16.3 Å². The largest absolute Gasteiger partial charge is 0.376 e. The van der Waals surface area contributed by atoms with Crippen molar-refractivity contribution in [1.29, 1.82) is 0 Å². The number of anilines is 1. The van der Waals surface area contributed by atoms with Gasteiger partial charge in [0, 0.05) is 28.8 Å². The highest BCUT2D eigenvalue weighted by molar-refractivity contribution is 7.99. The van der Waals surface area contributed by atoms with Crippen molar-refractivity contribution in [1.82, 2.24) is 19.7 Å². The van der Waals surface area contributed by atoms with Crippen LogP contribution in [0.1, 0.15) is 12.8 Å². The van der Waals surface area contributed by atoms with Gasteiger partial charge in [-0.3, -0.25) is 9.36 Å². The van der Waals surface area contributed by atoms with Crippen LogP contribution in [0.2, 0.25) is 5.02 Å². The van der Waals surface area contributed by atoms with Crippen molar-refractivity contribution in [2.75, 3.05) is 17.7 Å². The molecule has 7 nitrogen and oxygen atoms in total. The van der Waals surface area contributed by atoms with Crippen molar-refractivity contribution < 1.29 is 9.53 Å². The molecule has 0 aliphatic carbocycles. The van der Waals surface area contributed by atoms with Gasteiger partial charge >= 0.3 is 0 Å². The highest BCUT2D eigenvalue weighted by Gasteiger charge is 2.22. The number of thiazole rings is 1. The molecule has 1 aromatic carbocycles. The maximum absolute atomic E-state index is 12.2. The second-order valence-corrected chi connectivity index (χ2v) is 8.51. The van der Waals surface area contributed by atoms with Crippen LogP contribution in [0.3, 0.4) is 0 Å². The van der Waals surface area contributed by atoms with Gasteiger partial charge in [0.2, 0.25) is 5.91 Å². The van der Waals surface area contributed by atoms with Crippen molar-refractivity contribution in [3.8, 4) is 11.4 Å². The number of nitrogens with one attached hydrogen (secondary N) is 1. The molecule has 4 rings (SSSR count). The van der Waals surface area contributed by atoms with E-state index < -0.39 is 0 Å². The Labute approximate surface area is 175 Å². The number of hydrogen-bond donors (Lipinski definition) is 1. The second-order valence-electron chi connectivity index (χ2n) is 6.23. The van der Waals surface area contributed by atoms with E-state index in [-0.39, 0.29) is 17.8 Å². The third-order valence-corrected chi connectivity index (χ3v) is 6.15. The SMILES string of the molecule is O=C(CSc1nnc(-c2ccc(Cl)cc2)n1C[C@H]1CCCO1)Nc1nccs1. The summed E-state index contributed by atoms with van der Waals surface area (Å²) >= 11 is 8.75. The Morgan fingerprint density at radius 2 is 2.21 bits per heavy atom. The normalized spacial score (nSPS) is 16.4. The number of thioether (sulfide) groups is 1. The number of rotatable bonds is 7. The molecule has 2 aromatic heterocycles. The molecule has 3 aromatic rings. The van der Waals surface area contributed by atoms with E-state index in [1.807, 2.05) is 34.2 Å². The smallest absolute Gasteiger partial charge is 0.236 e. The maximum Gasteiger partial charge on any atom is 0.236 e. The predicted octanol–water partition coefficient (Wildman–Crippen LogP) is 3.96. The molecular weight excluding hydrogens is 418 g/mol. The standard InChI is InChI=1S/C18H18ClN5O2S2/c19-13-5-3-12(4-6-13)16-22-23-18(24(16)10-14-2-1-8-26-14)28-11-15(25)21-17-20-7-9-27-17/h3-7,9,14H,1-2,8,10-11H2,(H,20,21,25)/t14-/m1/s1. The molecular formula is C18H18ClN5O2S2. The van der Waals surface area contributed by atoms with Gasteiger partial charge in [-0.15, -0.1) is 21.5 Å². The summed E-state index contributed by atoms with van der Waals surface area (Å²) in [6.45, 7) is 1.43. The number of ether oxygens (including phenoxy) is 1. The third kappa shape index (κ3) is 4.72. The third-order valence-electron chi connectivity index (χ3n) is 4.24. The first-order valence-electron chi connectivity index (χ1n) is 8.82. The van der Waals surface area contributed by atoms with Gasteiger partial charge in [0.25, 0.3) is 0 Å². The average Bonchev–Trinajstić information content (AvgIpc) is 3.44. The number of benzene rings is 1. The van der Waals surface area contributed by atoms with Crippen LogP contribution in [0.15, 0.2) is 41.0 Å². The molecule has 1 amide bonds. The Kier molecular flexibility index (Phi) is 6.26. The zero-order valence-electron chi connectivity index (χ0n) is 14.9. The van der Waals surface area contributed by atoms with Gasteiger partial charge in [-0.2, -0.15) is 0 Å². The van der Waals surface area contributed by atoms with Crippen LogP contribution in [-0.2, 0) is 16.1 Å². The quantitative estimate of drug-likeness (QED) is 0.565. The molecule has 146 valence electrons. The number of amides is 1. The van der Waals surface area contributed by atoms with Gasteiger partial charge in [0.15, 0.2) is 16.1 Å². The summed E-state index contributed by atoms with van der Waals surface area (Å²) in [4.78, 5) is 16.3. The van der Waals surface area contributed by atoms with Crippen LogP contribution in [-0.4, -0.2) is 44.1 Å².